The van der Waals surface area contributed by atoms with E-state index >= 15 is 0 Å². The number of aromatic nitrogens is 3. The van der Waals surface area contributed by atoms with Crippen LogP contribution in [0, 0.1) is 0 Å². The highest BCUT2D eigenvalue weighted by atomic mass is 35.5. The molecule has 0 saturated heterocycles. The van der Waals surface area contributed by atoms with Crippen molar-refractivity contribution in [1.82, 2.24) is 19.9 Å². The number of halogens is 1. The molecule has 0 bridgehead atoms. The summed E-state index contributed by atoms with van der Waals surface area (Å²) in [7, 11) is 0. The van der Waals surface area contributed by atoms with Gasteiger partial charge in [-0.3, -0.25) is 9.20 Å². The molecule has 1 aliphatic heterocycles. The molecular formula is C17H13ClN4O2. The minimum atomic E-state index is -0.201. The first-order valence-electron chi connectivity index (χ1n) is 7.40. The van der Waals surface area contributed by atoms with Gasteiger partial charge in [-0.1, -0.05) is 17.7 Å². The fraction of sp³-hybridized carbons (Fsp3) is 0.118. The maximum atomic E-state index is 12.4. The van der Waals surface area contributed by atoms with Crippen LogP contribution in [-0.4, -0.2) is 27.1 Å². The van der Waals surface area contributed by atoms with Gasteiger partial charge in [0.2, 0.25) is 0 Å². The average Bonchev–Trinajstić information content (AvgIpc) is 3.02. The molecule has 1 aliphatic rings. The lowest BCUT2D eigenvalue weighted by Gasteiger charge is -2.17. The molecule has 6 nitrogen and oxygen atoms in total. The second-order valence-electron chi connectivity index (χ2n) is 5.37. The Morgan fingerprint density at radius 3 is 3.12 bits per heavy atom. The van der Waals surface area contributed by atoms with Crippen molar-refractivity contribution in [3.05, 3.63) is 64.6 Å². The molecule has 1 N–H and O–H groups in total. The van der Waals surface area contributed by atoms with Gasteiger partial charge in [0.15, 0.2) is 11.5 Å². The third kappa shape index (κ3) is 2.72. The van der Waals surface area contributed by atoms with E-state index in [4.69, 9.17) is 16.3 Å². The Morgan fingerprint density at radius 1 is 1.29 bits per heavy atom. The van der Waals surface area contributed by atoms with E-state index in [2.05, 4.69) is 15.5 Å². The number of benzene rings is 1. The van der Waals surface area contributed by atoms with Crippen LogP contribution in [0.2, 0.25) is 5.02 Å². The van der Waals surface area contributed by atoms with E-state index in [1.165, 1.54) is 0 Å². The van der Waals surface area contributed by atoms with Gasteiger partial charge in [0.05, 0.1) is 12.1 Å². The van der Waals surface area contributed by atoms with Gasteiger partial charge in [-0.25, -0.2) is 0 Å². The summed E-state index contributed by atoms with van der Waals surface area (Å²) in [6.07, 6.45) is 3.65. The minimum absolute atomic E-state index is 0.201. The summed E-state index contributed by atoms with van der Waals surface area (Å²) >= 11 is 5.98. The zero-order chi connectivity index (χ0) is 16.5. The van der Waals surface area contributed by atoms with Crippen LogP contribution in [0.4, 0.5) is 0 Å². The molecule has 0 radical (unpaired) electrons. The van der Waals surface area contributed by atoms with Crippen LogP contribution in [0.15, 0.2) is 48.2 Å². The van der Waals surface area contributed by atoms with Crippen LogP contribution < -0.4 is 10.1 Å². The molecule has 0 atom stereocenters. The first-order valence-corrected chi connectivity index (χ1v) is 7.78. The number of carbonyl (C=O) groups excluding carboxylic acids is 1. The fourth-order valence-corrected chi connectivity index (χ4v) is 2.74. The van der Waals surface area contributed by atoms with Gasteiger partial charge in [0.1, 0.15) is 12.4 Å². The van der Waals surface area contributed by atoms with Crippen LogP contribution in [0.25, 0.3) is 11.7 Å². The number of hydrogen-bond acceptors (Lipinski definition) is 4. The molecule has 120 valence electrons. The number of carbonyl (C=O) groups is 1. The second kappa shape index (κ2) is 5.98. The van der Waals surface area contributed by atoms with Crippen LogP contribution in [-0.2, 0) is 11.3 Å². The average molecular weight is 341 g/mol. The summed E-state index contributed by atoms with van der Waals surface area (Å²) in [6.45, 7) is 0.505. The lowest BCUT2D eigenvalue weighted by atomic mass is 10.1. The summed E-state index contributed by atoms with van der Waals surface area (Å²) in [6, 6.07) is 11.0. The number of amides is 1. The third-order valence-electron chi connectivity index (χ3n) is 3.77. The fourth-order valence-electron chi connectivity index (χ4n) is 2.56. The van der Waals surface area contributed by atoms with E-state index in [9.17, 15) is 4.79 Å². The van der Waals surface area contributed by atoms with Crippen molar-refractivity contribution in [2.75, 3.05) is 6.61 Å². The topological polar surface area (TPSA) is 68.5 Å². The van der Waals surface area contributed by atoms with Crippen LogP contribution in [0.3, 0.4) is 0 Å². The first kappa shape index (κ1) is 14.7. The van der Waals surface area contributed by atoms with Crippen molar-refractivity contribution in [3.8, 4) is 5.75 Å². The molecule has 4 rings (SSSR count). The molecule has 3 heterocycles. The Balaban J connectivity index is 1.51. The van der Waals surface area contributed by atoms with Crippen molar-refractivity contribution >= 4 is 29.2 Å². The van der Waals surface area contributed by atoms with Gasteiger partial charge in [0.25, 0.3) is 5.91 Å². The number of pyridine rings is 1. The highest BCUT2D eigenvalue weighted by Crippen LogP contribution is 2.28. The maximum Gasteiger partial charge on any atom is 0.251 e. The van der Waals surface area contributed by atoms with Gasteiger partial charge in [-0.05, 0) is 36.4 Å². The normalized spacial score (nSPS) is 13.1. The van der Waals surface area contributed by atoms with Gasteiger partial charge in [-0.2, -0.15) is 0 Å². The molecule has 0 saturated carbocycles. The molecule has 0 unspecified atom stereocenters. The summed E-state index contributed by atoms with van der Waals surface area (Å²) < 4.78 is 7.43. The lowest BCUT2D eigenvalue weighted by molar-refractivity contribution is -0.118. The van der Waals surface area contributed by atoms with Crippen molar-refractivity contribution in [2.45, 2.75) is 6.54 Å². The molecule has 1 amide bonds. The van der Waals surface area contributed by atoms with E-state index in [-0.39, 0.29) is 19.1 Å². The molecule has 0 aliphatic carbocycles. The number of nitrogens with zero attached hydrogens (tertiary/aromatic N) is 3. The number of hydrogen-bond donors (Lipinski definition) is 1. The van der Waals surface area contributed by atoms with E-state index in [0.717, 1.165) is 17.0 Å². The quantitative estimate of drug-likeness (QED) is 0.795. The molecular weight excluding hydrogens is 328 g/mol. The van der Waals surface area contributed by atoms with Gasteiger partial charge in [0, 0.05) is 16.8 Å². The summed E-state index contributed by atoms with van der Waals surface area (Å²) in [4.78, 5) is 12.4. The standard InChI is InChI=1S/C17H13ClN4O2/c18-13-4-5-14-11(8-13)7-12(10-24-14)17(23)19-9-16-21-20-15-3-1-2-6-22(15)16/h1-8H,9-10H2,(H,19,23). The summed E-state index contributed by atoms with van der Waals surface area (Å²) in [5, 5.41) is 11.6. The number of nitrogens with one attached hydrogen (secondary N) is 1. The van der Waals surface area contributed by atoms with E-state index < -0.39 is 0 Å². The largest absolute Gasteiger partial charge is 0.488 e. The molecule has 1 aromatic carbocycles. The Bertz CT molecular complexity index is 964. The van der Waals surface area contributed by atoms with E-state index in [1.54, 1.807) is 24.3 Å². The number of fused-ring (bicyclic) bond motifs is 2. The van der Waals surface area contributed by atoms with Gasteiger partial charge < -0.3 is 10.1 Å². The van der Waals surface area contributed by atoms with E-state index in [0.29, 0.717) is 16.4 Å². The number of rotatable bonds is 3. The second-order valence-corrected chi connectivity index (χ2v) is 5.80. The highest BCUT2D eigenvalue weighted by molar-refractivity contribution is 6.30. The van der Waals surface area contributed by atoms with Crippen molar-refractivity contribution < 1.29 is 9.53 Å². The van der Waals surface area contributed by atoms with Crippen molar-refractivity contribution in [1.29, 1.82) is 0 Å². The van der Waals surface area contributed by atoms with Gasteiger partial charge >= 0.3 is 0 Å². The van der Waals surface area contributed by atoms with Crippen molar-refractivity contribution in [3.63, 3.8) is 0 Å². The third-order valence-corrected chi connectivity index (χ3v) is 4.00. The Kier molecular flexibility index (Phi) is 3.66. The first-order chi connectivity index (χ1) is 11.7. The number of ether oxygens (including phenoxy) is 1. The van der Waals surface area contributed by atoms with Crippen LogP contribution in [0.1, 0.15) is 11.4 Å². The minimum Gasteiger partial charge on any atom is -0.488 e. The predicted molar refractivity (Wildman–Crippen MR) is 89.8 cm³/mol. The van der Waals surface area contributed by atoms with Crippen molar-refractivity contribution in [2.24, 2.45) is 0 Å². The lowest BCUT2D eigenvalue weighted by Crippen LogP contribution is -2.29. The SMILES string of the molecule is O=C(NCc1nnc2ccccn12)C1=Cc2cc(Cl)ccc2OC1. The van der Waals surface area contributed by atoms with Crippen LogP contribution >= 0.6 is 11.6 Å². The van der Waals surface area contributed by atoms with E-state index in [1.807, 2.05) is 28.8 Å². The van der Waals surface area contributed by atoms with Crippen LogP contribution in [0.5, 0.6) is 5.75 Å². The monoisotopic (exact) mass is 340 g/mol. The molecule has 2 aromatic heterocycles. The highest BCUT2D eigenvalue weighted by Gasteiger charge is 2.18. The molecule has 7 heteroatoms. The Labute approximate surface area is 142 Å². The predicted octanol–water partition coefficient (Wildman–Crippen LogP) is 2.47. The molecule has 0 spiro atoms. The maximum absolute atomic E-state index is 12.4. The molecule has 24 heavy (non-hydrogen) atoms. The Morgan fingerprint density at radius 2 is 2.21 bits per heavy atom. The Hall–Kier alpha value is -2.86. The molecule has 3 aromatic rings. The summed E-state index contributed by atoms with van der Waals surface area (Å²) in [5.74, 6) is 1.19. The molecule has 0 fully saturated rings. The van der Waals surface area contributed by atoms with Gasteiger partial charge in [-0.15, -0.1) is 10.2 Å². The smallest absolute Gasteiger partial charge is 0.251 e. The zero-order valence-corrected chi connectivity index (χ0v) is 13.3. The zero-order valence-electron chi connectivity index (χ0n) is 12.6. The summed E-state index contributed by atoms with van der Waals surface area (Å²) in [5.41, 5.74) is 2.08.